The highest BCUT2D eigenvalue weighted by atomic mass is 79.9. The summed E-state index contributed by atoms with van der Waals surface area (Å²) in [6, 6.07) is 5.86. The average Bonchev–Trinajstić information content (AvgIpc) is 2.22. The molecule has 3 N–H and O–H groups in total. The fourth-order valence-corrected chi connectivity index (χ4v) is 2.44. The second-order valence-electron chi connectivity index (χ2n) is 5.12. The van der Waals surface area contributed by atoms with Crippen LogP contribution in [-0.2, 0) is 0 Å². The predicted molar refractivity (Wildman–Crippen MR) is 79.7 cm³/mol. The van der Waals surface area contributed by atoms with Crippen molar-refractivity contribution in [2.24, 2.45) is 11.7 Å². The van der Waals surface area contributed by atoms with Gasteiger partial charge < -0.3 is 11.1 Å². The molecule has 0 amide bonds. The maximum Gasteiger partial charge on any atom is 0.0568 e. The molecule has 2 nitrogen and oxygen atoms in total. The Kier molecular flexibility index (Phi) is 5.29. The number of nitrogens with one attached hydrogen (secondary N) is 1. The van der Waals surface area contributed by atoms with E-state index >= 15 is 0 Å². The molecule has 0 aliphatic rings. The summed E-state index contributed by atoms with van der Waals surface area (Å²) in [6.45, 7) is 7.14. The molecule has 0 heterocycles. The zero-order valence-electron chi connectivity index (χ0n) is 10.6. The molecule has 0 aliphatic heterocycles. The van der Waals surface area contributed by atoms with Crippen molar-refractivity contribution >= 4 is 33.2 Å². The summed E-state index contributed by atoms with van der Waals surface area (Å²) in [5.41, 5.74) is 6.78. The first-order chi connectivity index (χ1) is 7.86. The lowest BCUT2D eigenvalue weighted by molar-refractivity contribution is 0.407. The van der Waals surface area contributed by atoms with Gasteiger partial charge in [-0.1, -0.05) is 25.4 Å². The molecule has 0 aliphatic carbocycles. The van der Waals surface area contributed by atoms with E-state index in [1.165, 1.54) is 0 Å². The SMILES string of the molecule is CC(C)CC(C)(CN)Nc1ccc(Br)c(Cl)c1. The molecule has 4 heteroatoms. The Morgan fingerprint density at radius 2 is 2.12 bits per heavy atom. The molecule has 1 aromatic carbocycles. The lowest BCUT2D eigenvalue weighted by atomic mass is 9.90. The summed E-state index contributed by atoms with van der Waals surface area (Å²) in [6.07, 6.45) is 1.02. The van der Waals surface area contributed by atoms with Crippen LogP contribution in [0.1, 0.15) is 27.2 Å². The van der Waals surface area contributed by atoms with E-state index in [0.29, 0.717) is 17.5 Å². The molecule has 0 aromatic heterocycles. The molecule has 0 spiro atoms. The smallest absolute Gasteiger partial charge is 0.0568 e. The third kappa shape index (κ3) is 4.49. The van der Waals surface area contributed by atoms with E-state index in [2.05, 4.69) is 42.0 Å². The maximum absolute atomic E-state index is 6.07. The maximum atomic E-state index is 6.07. The first-order valence-corrected chi connectivity index (χ1v) is 6.97. The third-order valence-electron chi connectivity index (χ3n) is 2.68. The summed E-state index contributed by atoms with van der Waals surface area (Å²) in [5.74, 6) is 0.599. The van der Waals surface area contributed by atoms with Crippen LogP contribution < -0.4 is 11.1 Å². The van der Waals surface area contributed by atoms with Crippen molar-refractivity contribution in [1.29, 1.82) is 0 Å². The summed E-state index contributed by atoms with van der Waals surface area (Å²) in [4.78, 5) is 0. The normalized spacial score (nSPS) is 14.8. The van der Waals surface area contributed by atoms with Crippen LogP contribution in [0.2, 0.25) is 5.02 Å². The molecule has 1 atom stereocenters. The second kappa shape index (κ2) is 6.07. The number of halogens is 2. The van der Waals surface area contributed by atoms with Crippen molar-refractivity contribution in [2.75, 3.05) is 11.9 Å². The predicted octanol–water partition coefficient (Wildman–Crippen LogP) is 4.28. The summed E-state index contributed by atoms with van der Waals surface area (Å²) in [7, 11) is 0. The van der Waals surface area contributed by atoms with E-state index in [9.17, 15) is 0 Å². The summed E-state index contributed by atoms with van der Waals surface area (Å²) in [5, 5.41) is 4.18. The topological polar surface area (TPSA) is 38.0 Å². The Balaban J connectivity index is 2.83. The molecular weight excluding hydrogens is 300 g/mol. The fourth-order valence-electron chi connectivity index (χ4n) is 2.01. The minimum absolute atomic E-state index is 0.0919. The number of nitrogens with two attached hydrogens (primary N) is 1. The Morgan fingerprint density at radius 1 is 1.47 bits per heavy atom. The molecule has 0 bridgehead atoms. The highest BCUT2D eigenvalue weighted by Crippen LogP contribution is 2.28. The quantitative estimate of drug-likeness (QED) is 0.850. The van der Waals surface area contributed by atoms with Crippen molar-refractivity contribution in [3.8, 4) is 0 Å². The standard InChI is InChI=1S/C13H20BrClN2/c1-9(2)7-13(3,8-16)17-10-4-5-11(14)12(15)6-10/h4-6,9,17H,7-8,16H2,1-3H3. The Morgan fingerprint density at radius 3 is 2.59 bits per heavy atom. The van der Waals surface area contributed by atoms with Gasteiger partial charge in [0.05, 0.1) is 5.02 Å². The highest BCUT2D eigenvalue weighted by molar-refractivity contribution is 9.10. The van der Waals surface area contributed by atoms with Crippen molar-refractivity contribution in [3.63, 3.8) is 0 Å². The second-order valence-corrected chi connectivity index (χ2v) is 6.38. The lowest BCUT2D eigenvalue weighted by Gasteiger charge is -2.32. The minimum Gasteiger partial charge on any atom is -0.379 e. The van der Waals surface area contributed by atoms with Crippen LogP contribution in [-0.4, -0.2) is 12.1 Å². The Labute approximate surface area is 117 Å². The van der Waals surface area contributed by atoms with Crippen molar-refractivity contribution < 1.29 is 0 Å². The molecule has 17 heavy (non-hydrogen) atoms. The van der Waals surface area contributed by atoms with E-state index < -0.39 is 0 Å². The molecule has 1 unspecified atom stereocenters. The molecule has 1 aromatic rings. The van der Waals surface area contributed by atoms with Crippen LogP contribution in [0.25, 0.3) is 0 Å². The van der Waals surface area contributed by atoms with Gasteiger partial charge in [0.1, 0.15) is 0 Å². The van der Waals surface area contributed by atoms with Gasteiger partial charge in [0.15, 0.2) is 0 Å². The first-order valence-electron chi connectivity index (χ1n) is 5.79. The van der Waals surface area contributed by atoms with Crippen LogP contribution in [0, 0.1) is 5.92 Å². The fraction of sp³-hybridized carbons (Fsp3) is 0.538. The van der Waals surface area contributed by atoms with Crippen LogP contribution in [0.5, 0.6) is 0 Å². The molecule has 1 rings (SSSR count). The average molecular weight is 320 g/mol. The molecule has 0 saturated heterocycles. The third-order valence-corrected chi connectivity index (χ3v) is 3.91. The Hall–Kier alpha value is -0.250. The summed E-state index contributed by atoms with van der Waals surface area (Å²) >= 11 is 9.46. The van der Waals surface area contributed by atoms with Gasteiger partial charge in [0.25, 0.3) is 0 Å². The Bertz CT molecular complexity index is 382. The van der Waals surface area contributed by atoms with Gasteiger partial charge in [-0.15, -0.1) is 0 Å². The van der Waals surface area contributed by atoms with Crippen molar-refractivity contribution in [3.05, 3.63) is 27.7 Å². The molecular formula is C13H20BrClN2. The monoisotopic (exact) mass is 318 g/mol. The zero-order valence-corrected chi connectivity index (χ0v) is 12.9. The van der Waals surface area contributed by atoms with E-state index in [1.54, 1.807) is 0 Å². The van der Waals surface area contributed by atoms with Crippen molar-refractivity contribution in [1.82, 2.24) is 0 Å². The van der Waals surface area contributed by atoms with Crippen molar-refractivity contribution in [2.45, 2.75) is 32.7 Å². The van der Waals surface area contributed by atoms with Crippen LogP contribution in [0.15, 0.2) is 22.7 Å². The number of hydrogen-bond acceptors (Lipinski definition) is 2. The lowest BCUT2D eigenvalue weighted by Crippen LogP contribution is -2.43. The number of anilines is 1. The van der Waals surface area contributed by atoms with Gasteiger partial charge in [-0.25, -0.2) is 0 Å². The number of rotatable bonds is 5. The molecule has 0 saturated carbocycles. The summed E-state index contributed by atoms with van der Waals surface area (Å²) < 4.78 is 0.906. The highest BCUT2D eigenvalue weighted by Gasteiger charge is 2.23. The van der Waals surface area contributed by atoms with Crippen LogP contribution in [0.4, 0.5) is 5.69 Å². The number of benzene rings is 1. The van der Waals surface area contributed by atoms with Gasteiger partial charge >= 0.3 is 0 Å². The molecule has 0 fully saturated rings. The van der Waals surface area contributed by atoms with E-state index in [4.69, 9.17) is 17.3 Å². The minimum atomic E-state index is -0.0919. The van der Waals surface area contributed by atoms with Crippen LogP contribution >= 0.6 is 27.5 Å². The molecule has 0 radical (unpaired) electrons. The largest absolute Gasteiger partial charge is 0.379 e. The van der Waals surface area contributed by atoms with Gasteiger partial charge in [-0.2, -0.15) is 0 Å². The van der Waals surface area contributed by atoms with Crippen LogP contribution in [0.3, 0.4) is 0 Å². The van der Waals surface area contributed by atoms with Gasteiger partial charge in [-0.3, -0.25) is 0 Å². The van der Waals surface area contributed by atoms with E-state index in [1.807, 2.05) is 18.2 Å². The van der Waals surface area contributed by atoms with Gasteiger partial charge in [-0.05, 0) is 53.4 Å². The van der Waals surface area contributed by atoms with E-state index in [0.717, 1.165) is 16.6 Å². The first kappa shape index (κ1) is 14.8. The van der Waals surface area contributed by atoms with Gasteiger partial charge in [0.2, 0.25) is 0 Å². The number of hydrogen-bond donors (Lipinski definition) is 2. The van der Waals surface area contributed by atoms with Gasteiger partial charge in [0, 0.05) is 22.2 Å². The zero-order chi connectivity index (χ0) is 13.1. The van der Waals surface area contributed by atoms with E-state index in [-0.39, 0.29) is 5.54 Å². The molecule has 96 valence electrons.